The molecule has 0 heterocycles. The minimum absolute atomic E-state index is 0.0991. The van der Waals surface area contributed by atoms with Gasteiger partial charge in [-0.3, -0.25) is 14.9 Å². The second kappa shape index (κ2) is 6.42. The molecule has 0 saturated heterocycles. The van der Waals surface area contributed by atoms with Gasteiger partial charge >= 0.3 is 0 Å². The number of carbonyl (C=O) groups excluding carboxylic acids is 1. The predicted octanol–water partition coefficient (Wildman–Crippen LogP) is 3.21. The van der Waals surface area contributed by atoms with Crippen LogP contribution in [0.25, 0.3) is 0 Å². The number of nitrogens with zero attached hydrogens (tertiary/aromatic N) is 1. The number of hydrogen-bond acceptors (Lipinski definition) is 3. The molecule has 1 amide bonds. The number of carbonyl (C=O) groups is 1. The summed E-state index contributed by atoms with van der Waals surface area (Å²) in [5.41, 5.74) is -0.0873. The first kappa shape index (κ1) is 13.7. The van der Waals surface area contributed by atoms with Crippen LogP contribution in [-0.4, -0.2) is 16.7 Å². The number of rotatable bonds is 5. The molecule has 92 valence electrons. The Kier molecular flexibility index (Phi) is 5.18. The fraction of sp³-hybridized carbons (Fsp3) is 0.300. The maximum Gasteiger partial charge on any atom is 0.292 e. The number of alkyl halides is 1. The van der Waals surface area contributed by atoms with Gasteiger partial charge in [-0.25, -0.2) is 0 Å². The van der Waals surface area contributed by atoms with Crippen LogP contribution < -0.4 is 5.32 Å². The van der Waals surface area contributed by atoms with Crippen molar-refractivity contribution in [3.63, 3.8) is 0 Å². The number of halogens is 2. The van der Waals surface area contributed by atoms with E-state index in [0.29, 0.717) is 17.3 Å². The molecule has 7 heteroatoms. The smallest absolute Gasteiger partial charge is 0.292 e. The van der Waals surface area contributed by atoms with Gasteiger partial charge < -0.3 is 5.32 Å². The van der Waals surface area contributed by atoms with E-state index in [1.165, 1.54) is 18.2 Å². The highest BCUT2D eigenvalue weighted by Crippen LogP contribution is 2.27. The summed E-state index contributed by atoms with van der Waals surface area (Å²) < 4.78 is 0. The minimum Gasteiger partial charge on any atom is -0.320 e. The summed E-state index contributed by atoms with van der Waals surface area (Å²) in [6, 6.07) is 3.99. The Morgan fingerprint density at radius 2 is 2.18 bits per heavy atom. The second-order valence-corrected chi connectivity index (χ2v) is 4.07. The van der Waals surface area contributed by atoms with Crippen molar-refractivity contribution in [3.05, 3.63) is 33.3 Å². The van der Waals surface area contributed by atoms with Crippen LogP contribution in [0.5, 0.6) is 0 Å². The lowest BCUT2D eigenvalue weighted by atomic mass is 10.2. The molecule has 1 aromatic rings. The maximum atomic E-state index is 11.4. The highest BCUT2D eigenvalue weighted by atomic mass is 35.5. The van der Waals surface area contributed by atoms with Gasteiger partial charge in [0, 0.05) is 23.4 Å². The molecule has 0 atom stereocenters. The lowest BCUT2D eigenvalue weighted by molar-refractivity contribution is -0.383. The van der Waals surface area contributed by atoms with Crippen molar-refractivity contribution in [3.8, 4) is 0 Å². The van der Waals surface area contributed by atoms with Crippen molar-refractivity contribution in [1.82, 2.24) is 0 Å². The number of anilines is 1. The van der Waals surface area contributed by atoms with Crippen LogP contribution in [0.2, 0.25) is 5.02 Å². The summed E-state index contributed by atoms with van der Waals surface area (Å²) in [6.07, 6.45) is 0.731. The van der Waals surface area contributed by atoms with Crippen LogP contribution in [0, 0.1) is 10.1 Å². The monoisotopic (exact) mass is 276 g/mol. The van der Waals surface area contributed by atoms with Gasteiger partial charge in [0.25, 0.3) is 5.69 Å². The molecule has 0 fully saturated rings. The largest absolute Gasteiger partial charge is 0.320 e. The van der Waals surface area contributed by atoms with Crippen molar-refractivity contribution in [2.45, 2.75) is 12.8 Å². The third-order valence-electron chi connectivity index (χ3n) is 1.97. The normalized spacial score (nSPS) is 10.0. The first-order chi connectivity index (χ1) is 8.04. The lowest BCUT2D eigenvalue weighted by Gasteiger charge is -2.05. The van der Waals surface area contributed by atoms with E-state index in [9.17, 15) is 14.9 Å². The summed E-state index contributed by atoms with van der Waals surface area (Å²) >= 11 is 11.2. The number of amides is 1. The highest BCUT2D eigenvalue weighted by molar-refractivity contribution is 6.31. The molecule has 0 bridgehead atoms. The molecule has 1 rings (SSSR count). The Labute approximate surface area is 108 Å². The van der Waals surface area contributed by atoms with E-state index in [0.717, 1.165) is 0 Å². The van der Waals surface area contributed by atoms with Crippen molar-refractivity contribution in [2.75, 3.05) is 11.2 Å². The van der Waals surface area contributed by atoms with Gasteiger partial charge in [0.1, 0.15) is 5.69 Å². The minimum atomic E-state index is -0.576. The van der Waals surface area contributed by atoms with E-state index in [2.05, 4.69) is 5.32 Å². The molecule has 0 aromatic heterocycles. The molecule has 17 heavy (non-hydrogen) atoms. The van der Waals surface area contributed by atoms with Crippen molar-refractivity contribution < 1.29 is 9.72 Å². The molecule has 1 N–H and O–H groups in total. The lowest BCUT2D eigenvalue weighted by Crippen LogP contribution is -2.12. The van der Waals surface area contributed by atoms with Gasteiger partial charge in [-0.1, -0.05) is 11.6 Å². The average molecular weight is 277 g/mol. The van der Waals surface area contributed by atoms with Crippen molar-refractivity contribution in [2.24, 2.45) is 0 Å². The number of hydrogen-bond donors (Lipinski definition) is 1. The van der Waals surface area contributed by atoms with E-state index < -0.39 is 4.92 Å². The van der Waals surface area contributed by atoms with Gasteiger partial charge in [-0.2, -0.15) is 0 Å². The zero-order chi connectivity index (χ0) is 12.8. The molecule has 0 radical (unpaired) electrons. The maximum absolute atomic E-state index is 11.4. The molecule has 0 unspecified atom stereocenters. The topological polar surface area (TPSA) is 72.2 Å². The first-order valence-corrected chi connectivity index (χ1v) is 5.75. The number of nitro groups is 1. The van der Waals surface area contributed by atoms with E-state index in [1.807, 2.05) is 0 Å². The number of benzene rings is 1. The average Bonchev–Trinajstić information content (AvgIpc) is 2.26. The van der Waals surface area contributed by atoms with E-state index in [4.69, 9.17) is 23.2 Å². The van der Waals surface area contributed by atoms with Crippen molar-refractivity contribution in [1.29, 1.82) is 0 Å². The van der Waals surface area contributed by atoms with Crippen LogP contribution in [-0.2, 0) is 4.79 Å². The molecule has 0 aliphatic heterocycles. The highest BCUT2D eigenvalue weighted by Gasteiger charge is 2.15. The summed E-state index contributed by atoms with van der Waals surface area (Å²) in [7, 11) is 0. The summed E-state index contributed by atoms with van der Waals surface area (Å²) in [5, 5.41) is 13.5. The Bertz CT molecular complexity index is 438. The Hall–Kier alpha value is -1.33. The zero-order valence-corrected chi connectivity index (χ0v) is 10.3. The SMILES string of the molecule is O=C(CCCCl)Nc1cc(Cl)ccc1[N+](=O)[O-]. The Morgan fingerprint density at radius 3 is 2.76 bits per heavy atom. The zero-order valence-electron chi connectivity index (χ0n) is 8.78. The van der Waals surface area contributed by atoms with Gasteiger partial charge in [0.05, 0.1) is 4.92 Å². The first-order valence-electron chi connectivity index (χ1n) is 4.84. The molecule has 5 nitrogen and oxygen atoms in total. The summed E-state index contributed by atoms with van der Waals surface area (Å²) in [6.45, 7) is 0. The summed E-state index contributed by atoms with van der Waals surface area (Å²) in [5.74, 6) is 0.0430. The van der Waals surface area contributed by atoms with Crippen LogP contribution in [0.1, 0.15) is 12.8 Å². The van der Waals surface area contributed by atoms with E-state index >= 15 is 0 Å². The molecule has 0 aliphatic carbocycles. The number of nitro benzene ring substituents is 1. The van der Waals surface area contributed by atoms with E-state index in [1.54, 1.807) is 0 Å². The Morgan fingerprint density at radius 1 is 1.47 bits per heavy atom. The third-order valence-corrected chi connectivity index (χ3v) is 2.47. The fourth-order valence-electron chi connectivity index (χ4n) is 1.21. The molecule has 1 aromatic carbocycles. The summed E-state index contributed by atoms with van der Waals surface area (Å²) in [4.78, 5) is 21.6. The molecule has 0 saturated carbocycles. The second-order valence-electron chi connectivity index (χ2n) is 3.26. The van der Waals surface area contributed by atoms with Gasteiger partial charge in [-0.05, 0) is 18.6 Å². The van der Waals surface area contributed by atoms with Crippen LogP contribution in [0.15, 0.2) is 18.2 Å². The van der Waals surface area contributed by atoms with Gasteiger partial charge in [0.15, 0.2) is 0 Å². The fourth-order valence-corrected chi connectivity index (χ4v) is 1.51. The molecule has 0 aliphatic rings. The molecular weight excluding hydrogens is 267 g/mol. The Balaban J connectivity index is 2.85. The van der Waals surface area contributed by atoms with Crippen molar-refractivity contribution >= 4 is 40.5 Å². The van der Waals surface area contributed by atoms with Gasteiger partial charge in [-0.15, -0.1) is 11.6 Å². The van der Waals surface area contributed by atoms with E-state index in [-0.39, 0.29) is 23.7 Å². The predicted molar refractivity (Wildman–Crippen MR) is 66.7 cm³/mol. The van der Waals surface area contributed by atoms with Crippen LogP contribution in [0.3, 0.4) is 0 Å². The van der Waals surface area contributed by atoms with Gasteiger partial charge in [0.2, 0.25) is 5.91 Å². The van der Waals surface area contributed by atoms with Crippen LogP contribution in [0.4, 0.5) is 11.4 Å². The third kappa shape index (κ3) is 4.20. The molecular formula is C10H10Cl2N2O3. The standard InChI is InChI=1S/C10H10Cl2N2O3/c11-5-1-2-10(15)13-8-6-7(12)3-4-9(8)14(16)17/h3-4,6H,1-2,5H2,(H,13,15). The van der Waals surface area contributed by atoms with Crippen LogP contribution >= 0.6 is 23.2 Å². The molecule has 0 spiro atoms. The quantitative estimate of drug-likeness (QED) is 0.510. The number of nitrogens with one attached hydrogen (secondary N) is 1.